The zero-order valence-electron chi connectivity index (χ0n) is 7.73. The van der Waals surface area contributed by atoms with Crippen LogP contribution in [0.15, 0.2) is 36.9 Å². The van der Waals surface area contributed by atoms with Gasteiger partial charge in [0.1, 0.15) is 5.75 Å². The van der Waals surface area contributed by atoms with E-state index >= 15 is 0 Å². The first-order chi connectivity index (χ1) is 6.27. The van der Waals surface area contributed by atoms with Crippen LogP contribution in [0.5, 0.6) is 5.75 Å². The van der Waals surface area contributed by atoms with Crippen LogP contribution in [-0.2, 0) is 0 Å². The van der Waals surface area contributed by atoms with Crippen molar-refractivity contribution in [3.8, 4) is 5.75 Å². The molecule has 1 aromatic rings. The summed E-state index contributed by atoms with van der Waals surface area (Å²) in [5.74, 6) is 0.878. The second kappa shape index (κ2) is 4.97. The highest BCUT2D eigenvalue weighted by Crippen LogP contribution is 2.25. The van der Waals surface area contributed by atoms with Crippen molar-refractivity contribution in [2.45, 2.75) is 11.7 Å². The Morgan fingerprint density at radius 1 is 1.46 bits per heavy atom. The highest BCUT2D eigenvalue weighted by Gasteiger charge is 2.03. The second-order valence-electron chi connectivity index (χ2n) is 2.81. The summed E-state index contributed by atoms with van der Waals surface area (Å²) < 4.78 is 5.06. The number of allylic oxidation sites excluding steroid dienone is 1. The molecule has 13 heavy (non-hydrogen) atoms. The number of hydrogen-bond donors (Lipinski definition) is 1. The number of ether oxygens (including phenoxy) is 1. The first-order valence-corrected chi connectivity index (χ1v) is 4.72. The van der Waals surface area contributed by atoms with E-state index in [9.17, 15) is 0 Å². The van der Waals surface area contributed by atoms with Crippen molar-refractivity contribution >= 4 is 12.6 Å². The first-order valence-electron chi connectivity index (χ1n) is 4.21. The van der Waals surface area contributed by atoms with Crippen LogP contribution in [0.3, 0.4) is 0 Å². The van der Waals surface area contributed by atoms with Gasteiger partial charge in [0.15, 0.2) is 0 Å². The van der Waals surface area contributed by atoms with Crippen LogP contribution in [0.25, 0.3) is 0 Å². The molecule has 1 atom stereocenters. The Hall–Kier alpha value is -0.890. The lowest BCUT2D eigenvalue weighted by Crippen LogP contribution is -1.89. The summed E-state index contributed by atoms with van der Waals surface area (Å²) in [6, 6.07) is 7.95. The van der Waals surface area contributed by atoms with Crippen LogP contribution in [0.2, 0.25) is 0 Å². The van der Waals surface area contributed by atoms with Gasteiger partial charge < -0.3 is 4.74 Å². The Morgan fingerprint density at radius 2 is 2.08 bits per heavy atom. The molecule has 0 radical (unpaired) electrons. The number of hydrogen-bond acceptors (Lipinski definition) is 2. The zero-order valence-corrected chi connectivity index (χ0v) is 8.63. The van der Waals surface area contributed by atoms with Crippen LogP contribution in [0, 0.1) is 0 Å². The Kier molecular flexibility index (Phi) is 3.90. The molecular formula is C11H14OS. The molecule has 0 aliphatic rings. The van der Waals surface area contributed by atoms with Crippen molar-refractivity contribution < 1.29 is 4.74 Å². The van der Waals surface area contributed by atoms with Gasteiger partial charge in [-0.15, -0.1) is 6.58 Å². The standard InChI is InChI=1S/C11H14OS/c1-3-4-11(13)9-5-7-10(12-2)8-6-9/h3,5-8,11,13H,1,4H2,2H3. The highest BCUT2D eigenvalue weighted by molar-refractivity contribution is 7.80. The number of thiol groups is 1. The quantitative estimate of drug-likeness (QED) is 0.572. The van der Waals surface area contributed by atoms with Gasteiger partial charge in [-0.2, -0.15) is 12.6 Å². The van der Waals surface area contributed by atoms with Gasteiger partial charge >= 0.3 is 0 Å². The predicted molar refractivity (Wildman–Crippen MR) is 59.5 cm³/mol. The van der Waals surface area contributed by atoms with E-state index in [0.717, 1.165) is 12.2 Å². The molecule has 0 heterocycles. The van der Waals surface area contributed by atoms with Crippen LogP contribution >= 0.6 is 12.6 Å². The van der Waals surface area contributed by atoms with Crippen LogP contribution in [-0.4, -0.2) is 7.11 Å². The van der Waals surface area contributed by atoms with Gasteiger partial charge in [-0.25, -0.2) is 0 Å². The van der Waals surface area contributed by atoms with E-state index in [1.165, 1.54) is 5.56 Å². The van der Waals surface area contributed by atoms with Crippen molar-refractivity contribution in [2.75, 3.05) is 7.11 Å². The molecule has 1 unspecified atom stereocenters. The summed E-state index contributed by atoms with van der Waals surface area (Å²) in [4.78, 5) is 0. The molecule has 2 heteroatoms. The average Bonchev–Trinajstić information content (AvgIpc) is 2.18. The lowest BCUT2D eigenvalue weighted by molar-refractivity contribution is 0.414. The molecular weight excluding hydrogens is 180 g/mol. The topological polar surface area (TPSA) is 9.23 Å². The van der Waals surface area contributed by atoms with E-state index in [-0.39, 0.29) is 5.25 Å². The molecule has 1 nitrogen and oxygen atoms in total. The lowest BCUT2D eigenvalue weighted by Gasteiger charge is -2.08. The van der Waals surface area contributed by atoms with Crippen molar-refractivity contribution in [2.24, 2.45) is 0 Å². The van der Waals surface area contributed by atoms with Crippen LogP contribution in [0.4, 0.5) is 0 Å². The van der Waals surface area contributed by atoms with E-state index in [1.807, 2.05) is 30.3 Å². The van der Waals surface area contributed by atoms with Gasteiger partial charge in [0.05, 0.1) is 7.11 Å². The van der Waals surface area contributed by atoms with Gasteiger partial charge in [0.2, 0.25) is 0 Å². The summed E-state index contributed by atoms with van der Waals surface area (Å²) in [6.45, 7) is 3.69. The second-order valence-corrected chi connectivity index (χ2v) is 3.44. The minimum atomic E-state index is 0.239. The normalized spacial score (nSPS) is 12.2. The molecule has 0 aliphatic carbocycles. The van der Waals surface area contributed by atoms with E-state index in [0.29, 0.717) is 0 Å². The summed E-state index contributed by atoms with van der Waals surface area (Å²) in [7, 11) is 1.66. The van der Waals surface area contributed by atoms with E-state index < -0.39 is 0 Å². The van der Waals surface area contributed by atoms with Crippen molar-refractivity contribution in [1.82, 2.24) is 0 Å². The van der Waals surface area contributed by atoms with Gasteiger partial charge in [0, 0.05) is 5.25 Å². The fourth-order valence-corrected chi connectivity index (χ4v) is 1.44. The number of benzene rings is 1. The third-order valence-corrected chi connectivity index (χ3v) is 2.40. The molecule has 0 fully saturated rings. The maximum absolute atomic E-state index is 5.06. The molecule has 0 amide bonds. The summed E-state index contributed by atoms with van der Waals surface area (Å²) in [6.07, 6.45) is 2.76. The molecule has 0 N–H and O–H groups in total. The van der Waals surface area contributed by atoms with Crippen LogP contribution < -0.4 is 4.74 Å². The Balaban J connectivity index is 2.73. The lowest BCUT2D eigenvalue weighted by atomic mass is 10.1. The van der Waals surface area contributed by atoms with Gasteiger partial charge in [-0.1, -0.05) is 18.2 Å². The molecule has 1 aromatic carbocycles. The predicted octanol–water partition coefficient (Wildman–Crippen LogP) is 3.24. The summed E-state index contributed by atoms with van der Waals surface area (Å²) in [5, 5.41) is 0.239. The molecule has 0 spiro atoms. The maximum Gasteiger partial charge on any atom is 0.118 e. The monoisotopic (exact) mass is 194 g/mol. The van der Waals surface area contributed by atoms with Gasteiger partial charge in [0.25, 0.3) is 0 Å². The molecule has 0 saturated heterocycles. The summed E-state index contributed by atoms with van der Waals surface area (Å²) >= 11 is 4.45. The Morgan fingerprint density at radius 3 is 2.54 bits per heavy atom. The maximum atomic E-state index is 5.06. The molecule has 0 aliphatic heterocycles. The van der Waals surface area contributed by atoms with E-state index in [4.69, 9.17) is 4.74 Å². The average molecular weight is 194 g/mol. The minimum Gasteiger partial charge on any atom is -0.497 e. The molecule has 0 saturated carbocycles. The van der Waals surface area contributed by atoms with Gasteiger partial charge in [-0.3, -0.25) is 0 Å². The smallest absolute Gasteiger partial charge is 0.118 e. The van der Waals surface area contributed by atoms with Crippen molar-refractivity contribution in [3.05, 3.63) is 42.5 Å². The first kappa shape index (κ1) is 10.2. The van der Waals surface area contributed by atoms with E-state index in [1.54, 1.807) is 7.11 Å². The Bertz CT molecular complexity index is 266. The van der Waals surface area contributed by atoms with Gasteiger partial charge in [-0.05, 0) is 24.1 Å². The van der Waals surface area contributed by atoms with E-state index in [2.05, 4.69) is 19.2 Å². The zero-order chi connectivity index (χ0) is 9.68. The SMILES string of the molecule is C=CCC(S)c1ccc(OC)cc1. The fraction of sp³-hybridized carbons (Fsp3) is 0.273. The molecule has 0 aromatic heterocycles. The van der Waals surface area contributed by atoms with Crippen LogP contribution in [0.1, 0.15) is 17.2 Å². The number of methoxy groups -OCH3 is 1. The number of rotatable bonds is 4. The summed E-state index contributed by atoms with van der Waals surface area (Å²) in [5.41, 5.74) is 1.20. The molecule has 0 bridgehead atoms. The van der Waals surface area contributed by atoms with Crippen molar-refractivity contribution in [1.29, 1.82) is 0 Å². The fourth-order valence-electron chi connectivity index (χ4n) is 1.12. The Labute approximate surface area is 84.8 Å². The third-order valence-electron chi connectivity index (χ3n) is 1.89. The third kappa shape index (κ3) is 2.81. The van der Waals surface area contributed by atoms with Crippen molar-refractivity contribution in [3.63, 3.8) is 0 Å². The minimum absolute atomic E-state index is 0.239. The molecule has 1 rings (SSSR count). The largest absolute Gasteiger partial charge is 0.497 e. The highest BCUT2D eigenvalue weighted by atomic mass is 32.1. The molecule has 70 valence electrons.